The quantitative estimate of drug-likeness (QED) is 0.284. The minimum absolute atomic E-state index is 0.176. The Hall–Kier alpha value is -1.72. The zero-order chi connectivity index (χ0) is 25.7. The summed E-state index contributed by atoms with van der Waals surface area (Å²) in [5, 5.41) is 0.269. The molecular formula is C23H36F2N4O3SSi. The molecule has 1 saturated carbocycles. The first-order valence-electron chi connectivity index (χ1n) is 11.4. The lowest BCUT2D eigenvalue weighted by Crippen LogP contribution is -2.58. The van der Waals surface area contributed by atoms with E-state index in [2.05, 4.69) is 24.6 Å². The number of nitrogens with two attached hydrogens (primary N) is 2. The smallest absolute Gasteiger partial charge is 0.407 e. The predicted octanol–water partition coefficient (Wildman–Crippen LogP) is 5.08. The highest BCUT2D eigenvalue weighted by molar-refractivity contribution is 8.15. The Kier molecular flexibility index (Phi) is 6.91. The largest absolute Gasteiger partial charge is 0.410 e. The first kappa shape index (κ1) is 26.9. The fraction of sp³-hybridized carbons (Fsp3) is 0.696. The second-order valence-electron chi connectivity index (χ2n) is 11.7. The van der Waals surface area contributed by atoms with Gasteiger partial charge in [-0.3, -0.25) is 4.99 Å². The molecule has 0 aromatic carbocycles. The number of carbonyl (C=O) groups is 1. The Labute approximate surface area is 205 Å². The average Bonchev–Trinajstić information content (AvgIpc) is 3.43. The van der Waals surface area contributed by atoms with Crippen molar-refractivity contribution in [3.05, 3.63) is 23.8 Å². The number of anilines is 1. The molecule has 0 radical (unpaired) electrons. The van der Waals surface area contributed by atoms with Gasteiger partial charge in [0.1, 0.15) is 11.7 Å². The zero-order valence-electron chi connectivity index (χ0n) is 21.0. The molecule has 0 spiro atoms. The maximum Gasteiger partial charge on any atom is 0.407 e. The van der Waals surface area contributed by atoms with E-state index in [1.807, 2.05) is 20.8 Å². The lowest BCUT2D eigenvalue weighted by Gasteiger charge is -2.46. The summed E-state index contributed by atoms with van der Waals surface area (Å²) in [6.07, 6.45) is 0.670. The second kappa shape index (κ2) is 8.74. The van der Waals surface area contributed by atoms with Gasteiger partial charge in [0.2, 0.25) is 5.95 Å². The topological polar surface area (TPSA) is 113 Å². The Morgan fingerprint density at radius 3 is 2.53 bits per heavy atom. The van der Waals surface area contributed by atoms with E-state index in [4.69, 9.17) is 25.9 Å². The van der Waals surface area contributed by atoms with Gasteiger partial charge in [-0.1, -0.05) is 52.2 Å². The van der Waals surface area contributed by atoms with Crippen molar-refractivity contribution in [2.75, 3.05) is 19.0 Å². The molecule has 2 aliphatic rings. The van der Waals surface area contributed by atoms with E-state index in [-0.39, 0.29) is 22.2 Å². The Morgan fingerprint density at radius 1 is 1.35 bits per heavy atom. The number of hydrogen-bond acceptors (Lipinski definition) is 7. The van der Waals surface area contributed by atoms with E-state index in [1.54, 1.807) is 6.92 Å². The first-order valence-corrected chi connectivity index (χ1v) is 15.9. The lowest BCUT2D eigenvalue weighted by atomic mass is 9.83. The number of pyridine rings is 1. The van der Waals surface area contributed by atoms with Crippen molar-refractivity contribution in [1.82, 2.24) is 4.98 Å². The van der Waals surface area contributed by atoms with Gasteiger partial charge in [-0.15, -0.1) is 0 Å². The van der Waals surface area contributed by atoms with Gasteiger partial charge in [0.05, 0.1) is 22.2 Å². The summed E-state index contributed by atoms with van der Waals surface area (Å²) in [6.45, 7) is 13.5. The third kappa shape index (κ3) is 4.83. The van der Waals surface area contributed by atoms with E-state index in [0.717, 1.165) is 6.04 Å². The zero-order valence-corrected chi connectivity index (χ0v) is 22.8. The molecule has 1 aliphatic carbocycles. The second-order valence-corrected chi connectivity index (χ2v) is 18.7. The fourth-order valence-electron chi connectivity index (χ4n) is 4.47. The number of halogens is 2. The third-order valence-electron chi connectivity index (χ3n) is 6.64. The number of ether oxygens (including phenoxy) is 2. The number of aromatic nitrogens is 1. The monoisotopic (exact) mass is 514 g/mol. The molecule has 34 heavy (non-hydrogen) atoms. The summed E-state index contributed by atoms with van der Waals surface area (Å²) < 4.78 is 40.7. The maximum atomic E-state index is 15.0. The van der Waals surface area contributed by atoms with Gasteiger partial charge in [-0.25, -0.2) is 14.2 Å². The minimum Gasteiger partial charge on any atom is -0.410 e. The molecule has 4 N–H and O–H groups in total. The van der Waals surface area contributed by atoms with E-state index in [0.29, 0.717) is 13.0 Å². The number of carbonyl (C=O) groups excluding carboxylic acids is 1. The SMILES string of the molecule is CC(C)(C)C(OCC[Si](C)(C)C)(OC(N)=O)C1=N[C@](C)(c2cc(N)cnc2F)[C@@H]2C[C@]2(CF)S1. The van der Waals surface area contributed by atoms with Crippen LogP contribution in [0.25, 0.3) is 0 Å². The van der Waals surface area contributed by atoms with E-state index < -0.39 is 48.3 Å². The number of hydrogen-bond donors (Lipinski definition) is 2. The van der Waals surface area contributed by atoms with Crippen molar-refractivity contribution >= 4 is 36.7 Å². The number of fused-ring (bicyclic) bond motifs is 1. The number of thioether (sulfide) groups is 1. The van der Waals surface area contributed by atoms with Crippen LogP contribution >= 0.6 is 11.8 Å². The maximum absolute atomic E-state index is 15.0. The fourth-order valence-corrected chi connectivity index (χ4v) is 7.02. The molecule has 1 amide bonds. The molecule has 7 nitrogen and oxygen atoms in total. The van der Waals surface area contributed by atoms with Crippen LogP contribution in [0.2, 0.25) is 25.7 Å². The predicted molar refractivity (Wildman–Crippen MR) is 135 cm³/mol. The highest BCUT2D eigenvalue weighted by Crippen LogP contribution is 2.68. The van der Waals surface area contributed by atoms with E-state index in [1.165, 1.54) is 24.0 Å². The van der Waals surface area contributed by atoms with Gasteiger partial charge in [0, 0.05) is 31.6 Å². The van der Waals surface area contributed by atoms with Gasteiger partial charge in [-0.05, 0) is 25.5 Å². The van der Waals surface area contributed by atoms with Gasteiger partial charge in [0.15, 0.2) is 0 Å². The van der Waals surface area contributed by atoms with Crippen LogP contribution in [0.5, 0.6) is 0 Å². The summed E-state index contributed by atoms with van der Waals surface area (Å²) in [4.78, 5) is 20.8. The van der Waals surface area contributed by atoms with Gasteiger partial charge < -0.3 is 20.9 Å². The molecule has 190 valence electrons. The van der Waals surface area contributed by atoms with Crippen LogP contribution in [0.4, 0.5) is 19.3 Å². The first-order chi connectivity index (χ1) is 15.5. The molecule has 4 atom stereocenters. The van der Waals surface area contributed by atoms with Crippen molar-refractivity contribution in [2.45, 2.75) is 75.9 Å². The number of rotatable bonds is 8. The summed E-state index contributed by atoms with van der Waals surface area (Å²) >= 11 is 1.20. The van der Waals surface area contributed by atoms with Crippen LogP contribution in [-0.4, -0.2) is 48.0 Å². The molecule has 1 unspecified atom stereocenters. The normalized spacial score (nSPS) is 28.5. The van der Waals surface area contributed by atoms with E-state index >= 15 is 0 Å². The van der Waals surface area contributed by atoms with Crippen LogP contribution in [0.1, 0.15) is 39.7 Å². The number of nitrogen functional groups attached to an aromatic ring is 1. The highest BCUT2D eigenvalue weighted by Gasteiger charge is 2.70. The number of primary amides is 1. The van der Waals surface area contributed by atoms with Crippen molar-refractivity contribution < 1.29 is 23.0 Å². The summed E-state index contributed by atoms with van der Waals surface area (Å²) in [7, 11) is -1.50. The average molecular weight is 515 g/mol. The lowest BCUT2D eigenvalue weighted by molar-refractivity contribution is -0.203. The molecule has 0 saturated heterocycles. The van der Waals surface area contributed by atoms with Crippen LogP contribution in [-0.2, 0) is 15.0 Å². The molecule has 1 aromatic heterocycles. The summed E-state index contributed by atoms with van der Waals surface area (Å²) in [5.74, 6) is -2.68. The van der Waals surface area contributed by atoms with Crippen LogP contribution in [0.3, 0.4) is 0 Å². The standard InChI is InChI=1S/C23H36F2N4O3SSi/c1-20(2,3)23(32-19(27)30,31-8-9-34(5,6)7)18-29-21(4,16-11-22(16,13-24)33-18)15-10-14(26)12-28-17(15)25/h10,12,16H,8-9,11,13,26H2,1-7H3,(H2,27,30)/t16-,21+,22+,23?/m0/s1. The number of alkyl halides is 1. The van der Waals surface area contributed by atoms with Crippen molar-refractivity contribution in [2.24, 2.45) is 22.1 Å². The minimum atomic E-state index is -1.68. The van der Waals surface area contributed by atoms with Gasteiger partial charge in [-0.2, -0.15) is 4.39 Å². The van der Waals surface area contributed by atoms with Crippen LogP contribution < -0.4 is 11.5 Å². The van der Waals surface area contributed by atoms with E-state index in [9.17, 15) is 13.6 Å². The van der Waals surface area contributed by atoms with Gasteiger partial charge in [0.25, 0.3) is 5.79 Å². The van der Waals surface area contributed by atoms with Crippen LogP contribution in [0.15, 0.2) is 17.3 Å². The summed E-state index contributed by atoms with van der Waals surface area (Å²) in [6, 6.07) is 2.29. The molecule has 3 rings (SSSR count). The van der Waals surface area contributed by atoms with Crippen molar-refractivity contribution in [3.63, 3.8) is 0 Å². The number of amides is 1. The Balaban J connectivity index is 2.20. The Morgan fingerprint density at radius 2 is 2.00 bits per heavy atom. The Bertz CT molecular complexity index is 999. The highest BCUT2D eigenvalue weighted by atomic mass is 32.2. The molecular weight excluding hydrogens is 478 g/mol. The molecule has 2 heterocycles. The molecule has 0 bridgehead atoms. The molecule has 1 aromatic rings. The molecule has 1 fully saturated rings. The number of aliphatic imine (C=N–C) groups is 1. The van der Waals surface area contributed by atoms with Crippen LogP contribution in [0, 0.1) is 17.3 Å². The van der Waals surface area contributed by atoms with Gasteiger partial charge >= 0.3 is 6.09 Å². The molecule has 11 heteroatoms. The van der Waals surface area contributed by atoms with Crippen molar-refractivity contribution in [3.8, 4) is 0 Å². The molecule has 1 aliphatic heterocycles. The third-order valence-corrected chi connectivity index (χ3v) is 9.86. The summed E-state index contributed by atoms with van der Waals surface area (Å²) in [5.41, 5.74) is 9.88. The van der Waals surface area contributed by atoms with Crippen molar-refractivity contribution in [1.29, 1.82) is 0 Å². The number of nitrogens with zero attached hydrogens (tertiary/aromatic N) is 2.